The van der Waals surface area contributed by atoms with E-state index in [1.165, 1.54) is 25.7 Å². The van der Waals surface area contributed by atoms with E-state index < -0.39 is 0 Å². The number of carbonyl (C=O) groups excluding carboxylic acids is 2. The lowest BCUT2D eigenvalue weighted by molar-refractivity contribution is -0.117. The molecular weight excluding hydrogens is 290 g/mol. The Morgan fingerprint density at radius 1 is 0.957 bits per heavy atom. The van der Waals surface area contributed by atoms with E-state index in [9.17, 15) is 9.59 Å². The SMILES string of the molecule is O=C(NC1CCCCCC1)NC1CC(=O)N(c2ccccc2)C1. The topological polar surface area (TPSA) is 61.4 Å². The molecule has 1 saturated carbocycles. The fraction of sp³-hybridized carbons (Fsp3) is 0.556. The first-order valence-electron chi connectivity index (χ1n) is 8.65. The van der Waals surface area contributed by atoms with Gasteiger partial charge in [0.15, 0.2) is 0 Å². The standard InChI is InChI=1S/C18H25N3O2/c22-17-12-15(13-21(17)16-10-6-3-7-11-16)20-18(23)19-14-8-4-1-2-5-9-14/h3,6-7,10-11,14-15H,1-2,4-5,8-9,12-13H2,(H2,19,20,23). The molecule has 0 radical (unpaired) electrons. The zero-order chi connectivity index (χ0) is 16.1. The molecule has 1 heterocycles. The van der Waals surface area contributed by atoms with Gasteiger partial charge in [0.25, 0.3) is 0 Å². The van der Waals surface area contributed by atoms with Crippen molar-refractivity contribution in [2.75, 3.05) is 11.4 Å². The Bertz CT molecular complexity index is 538. The molecule has 1 aliphatic heterocycles. The van der Waals surface area contributed by atoms with Crippen LogP contribution < -0.4 is 15.5 Å². The van der Waals surface area contributed by atoms with Crippen molar-refractivity contribution in [2.45, 2.75) is 57.0 Å². The van der Waals surface area contributed by atoms with Gasteiger partial charge >= 0.3 is 6.03 Å². The van der Waals surface area contributed by atoms with Gasteiger partial charge in [-0.1, -0.05) is 43.9 Å². The van der Waals surface area contributed by atoms with E-state index in [1.807, 2.05) is 30.3 Å². The second-order valence-electron chi connectivity index (χ2n) is 6.55. The average Bonchev–Trinajstić information content (AvgIpc) is 2.74. The van der Waals surface area contributed by atoms with E-state index in [4.69, 9.17) is 0 Å². The number of para-hydroxylation sites is 1. The Morgan fingerprint density at radius 2 is 1.61 bits per heavy atom. The number of nitrogens with one attached hydrogen (secondary N) is 2. The average molecular weight is 315 g/mol. The minimum Gasteiger partial charge on any atom is -0.335 e. The Morgan fingerprint density at radius 3 is 2.30 bits per heavy atom. The highest BCUT2D eigenvalue weighted by Crippen LogP contribution is 2.21. The second-order valence-corrected chi connectivity index (χ2v) is 6.55. The third-order valence-corrected chi connectivity index (χ3v) is 4.72. The molecule has 1 unspecified atom stereocenters. The minimum atomic E-state index is -0.135. The van der Waals surface area contributed by atoms with Gasteiger partial charge in [0, 0.05) is 24.7 Å². The molecule has 5 heteroatoms. The number of rotatable bonds is 3. The smallest absolute Gasteiger partial charge is 0.315 e. The lowest BCUT2D eigenvalue weighted by Crippen LogP contribution is -2.47. The molecule has 0 aromatic heterocycles. The van der Waals surface area contributed by atoms with E-state index in [0.717, 1.165) is 18.5 Å². The van der Waals surface area contributed by atoms with E-state index >= 15 is 0 Å². The molecule has 2 aliphatic rings. The summed E-state index contributed by atoms with van der Waals surface area (Å²) in [6, 6.07) is 9.64. The lowest BCUT2D eigenvalue weighted by Gasteiger charge is -2.20. The molecule has 1 aliphatic carbocycles. The van der Waals surface area contributed by atoms with Gasteiger partial charge in [-0.3, -0.25) is 4.79 Å². The third-order valence-electron chi connectivity index (χ3n) is 4.72. The quantitative estimate of drug-likeness (QED) is 0.843. The molecule has 0 bridgehead atoms. The van der Waals surface area contributed by atoms with Crippen molar-refractivity contribution in [3.63, 3.8) is 0 Å². The van der Waals surface area contributed by atoms with Gasteiger partial charge in [0.05, 0.1) is 6.04 Å². The van der Waals surface area contributed by atoms with Crippen LogP contribution >= 0.6 is 0 Å². The first-order valence-corrected chi connectivity index (χ1v) is 8.65. The van der Waals surface area contributed by atoms with Crippen LogP contribution in [0.15, 0.2) is 30.3 Å². The Kier molecular flexibility index (Phi) is 5.16. The summed E-state index contributed by atoms with van der Waals surface area (Å²) in [5.74, 6) is 0.0657. The predicted molar refractivity (Wildman–Crippen MR) is 90.4 cm³/mol. The zero-order valence-electron chi connectivity index (χ0n) is 13.5. The van der Waals surface area contributed by atoms with Gasteiger partial charge in [-0.15, -0.1) is 0 Å². The number of benzene rings is 1. The first kappa shape index (κ1) is 15.8. The van der Waals surface area contributed by atoms with E-state index in [-0.39, 0.29) is 24.0 Å². The normalized spacial score (nSPS) is 22.7. The maximum absolute atomic E-state index is 12.2. The summed E-state index contributed by atoms with van der Waals surface area (Å²) in [4.78, 5) is 26.1. The molecule has 1 aromatic carbocycles. The summed E-state index contributed by atoms with van der Waals surface area (Å²) in [7, 11) is 0. The highest BCUT2D eigenvalue weighted by atomic mass is 16.2. The molecule has 3 rings (SSSR count). The lowest BCUT2D eigenvalue weighted by atomic mass is 10.1. The Balaban J connectivity index is 1.50. The molecule has 2 fully saturated rings. The highest BCUT2D eigenvalue weighted by molar-refractivity contribution is 5.96. The maximum Gasteiger partial charge on any atom is 0.315 e. The van der Waals surface area contributed by atoms with Crippen LogP contribution in [0, 0.1) is 0 Å². The number of nitrogens with zero attached hydrogens (tertiary/aromatic N) is 1. The van der Waals surface area contributed by atoms with Gasteiger partial charge in [-0.05, 0) is 25.0 Å². The van der Waals surface area contributed by atoms with Crippen molar-refractivity contribution in [2.24, 2.45) is 0 Å². The van der Waals surface area contributed by atoms with Crippen LogP contribution in [-0.2, 0) is 4.79 Å². The molecule has 23 heavy (non-hydrogen) atoms. The molecule has 5 nitrogen and oxygen atoms in total. The van der Waals surface area contributed by atoms with Crippen LogP contribution in [0.25, 0.3) is 0 Å². The molecule has 124 valence electrons. The molecular formula is C18H25N3O2. The number of hydrogen-bond donors (Lipinski definition) is 2. The largest absolute Gasteiger partial charge is 0.335 e. The fourth-order valence-electron chi connectivity index (χ4n) is 3.50. The number of amides is 3. The number of hydrogen-bond acceptors (Lipinski definition) is 2. The number of carbonyl (C=O) groups is 2. The molecule has 3 amide bonds. The summed E-state index contributed by atoms with van der Waals surface area (Å²) < 4.78 is 0. The highest BCUT2D eigenvalue weighted by Gasteiger charge is 2.31. The van der Waals surface area contributed by atoms with Crippen molar-refractivity contribution in [3.8, 4) is 0 Å². The molecule has 2 N–H and O–H groups in total. The van der Waals surface area contributed by atoms with Gasteiger partial charge in [-0.25, -0.2) is 4.79 Å². The molecule has 1 aromatic rings. The van der Waals surface area contributed by atoms with Crippen LogP contribution in [0.3, 0.4) is 0 Å². The van der Waals surface area contributed by atoms with Gasteiger partial charge in [0.1, 0.15) is 0 Å². The van der Waals surface area contributed by atoms with Crippen LogP contribution in [-0.4, -0.2) is 30.6 Å². The van der Waals surface area contributed by atoms with Crippen molar-refractivity contribution in [1.82, 2.24) is 10.6 Å². The summed E-state index contributed by atoms with van der Waals surface area (Å²) in [5.41, 5.74) is 0.894. The first-order chi connectivity index (χ1) is 11.2. The van der Waals surface area contributed by atoms with E-state index in [2.05, 4.69) is 10.6 Å². The summed E-state index contributed by atoms with van der Waals surface area (Å²) in [6.45, 7) is 0.543. The Hall–Kier alpha value is -2.04. The van der Waals surface area contributed by atoms with Gasteiger partial charge in [-0.2, -0.15) is 0 Å². The maximum atomic E-state index is 12.2. The predicted octanol–water partition coefficient (Wildman–Crippen LogP) is 2.81. The second kappa shape index (κ2) is 7.49. The van der Waals surface area contributed by atoms with E-state index in [0.29, 0.717) is 13.0 Å². The molecule has 1 atom stereocenters. The summed E-state index contributed by atoms with van der Waals surface area (Å²) >= 11 is 0. The van der Waals surface area contributed by atoms with Crippen LogP contribution in [0.1, 0.15) is 44.9 Å². The van der Waals surface area contributed by atoms with Crippen molar-refractivity contribution in [1.29, 1.82) is 0 Å². The van der Waals surface area contributed by atoms with Gasteiger partial charge < -0.3 is 15.5 Å². The zero-order valence-corrected chi connectivity index (χ0v) is 13.5. The molecule has 0 spiro atoms. The molecule has 1 saturated heterocycles. The van der Waals surface area contributed by atoms with E-state index in [1.54, 1.807) is 4.90 Å². The summed E-state index contributed by atoms with van der Waals surface area (Å²) in [6.07, 6.45) is 7.41. The Labute approximate surface area is 137 Å². The number of anilines is 1. The fourth-order valence-corrected chi connectivity index (χ4v) is 3.50. The van der Waals surface area contributed by atoms with Gasteiger partial charge in [0.2, 0.25) is 5.91 Å². The van der Waals surface area contributed by atoms with Crippen LogP contribution in [0.4, 0.5) is 10.5 Å². The van der Waals surface area contributed by atoms with Crippen molar-refractivity contribution >= 4 is 17.6 Å². The minimum absolute atomic E-state index is 0.0657. The monoisotopic (exact) mass is 315 g/mol. The third kappa shape index (κ3) is 4.24. The summed E-state index contributed by atoms with van der Waals surface area (Å²) in [5, 5.41) is 6.04. The van der Waals surface area contributed by atoms with Crippen molar-refractivity contribution in [3.05, 3.63) is 30.3 Å². The van der Waals surface area contributed by atoms with Crippen molar-refractivity contribution < 1.29 is 9.59 Å². The number of urea groups is 1. The van der Waals surface area contributed by atoms with Crippen LogP contribution in [0.5, 0.6) is 0 Å². The van der Waals surface area contributed by atoms with Crippen LogP contribution in [0.2, 0.25) is 0 Å².